The molecular formula is C20H22N2O2. The van der Waals surface area contributed by atoms with Crippen molar-refractivity contribution in [2.75, 3.05) is 0 Å². The van der Waals surface area contributed by atoms with Gasteiger partial charge in [-0.25, -0.2) is 0 Å². The topological polar surface area (TPSA) is 49.4 Å². The molecule has 0 aliphatic carbocycles. The Morgan fingerprint density at radius 1 is 0.917 bits per heavy atom. The lowest BCUT2D eigenvalue weighted by Crippen LogP contribution is -2.68. The van der Waals surface area contributed by atoms with E-state index >= 15 is 0 Å². The van der Waals surface area contributed by atoms with Gasteiger partial charge in [0.05, 0.1) is 0 Å². The maximum absolute atomic E-state index is 12.9. The molecule has 0 spiro atoms. The normalized spacial score (nSPS) is 19.9. The second kappa shape index (κ2) is 6.48. The second-order valence-electron chi connectivity index (χ2n) is 6.74. The van der Waals surface area contributed by atoms with Crippen LogP contribution < -0.4 is 5.32 Å². The monoisotopic (exact) mass is 322 g/mol. The lowest BCUT2D eigenvalue weighted by molar-refractivity contribution is -0.154. The number of nitrogens with one attached hydrogen (secondary N) is 1. The summed E-state index contributed by atoms with van der Waals surface area (Å²) in [6.45, 7) is 3.95. The van der Waals surface area contributed by atoms with Gasteiger partial charge in [0.15, 0.2) is 0 Å². The first kappa shape index (κ1) is 16.2. The van der Waals surface area contributed by atoms with Crippen molar-refractivity contribution in [2.45, 2.75) is 38.4 Å². The second-order valence-corrected chi connectivity index (χ2v) is 6.74. The van der Waals surface area contributed by atoms with Gasteiger partial charge in [0.25, 0.3) is 0 Å². The number of carbonyl (C=O) groups excluding carboxylic acids is 2. The van der Waals surface area contributed by atoms with Gasteiger partial charge in [-0.05, 0) is 25.0 Å². The number of benzene rings is 2. The summed E-state index contributed by atoms with van der Waals surface area (Å²) in [5, 5.41) is 2.86. The van der Waals surface area contributed by atoms with Gasteiger partial charge in [-0.3, -0.25) is 9.59 Å². The van der Waals surface area contributed by atoms with Gasteiger partial charge in [0.2, 0.25) is 11.8 Å². The van der Waals surface area contributed by atoms with Gasteiger partial charge in [-0.2, -0.15) is 0 Å². The molecule has 1 heterocycles. The molecule has 2 aromatic carbocycles. The van der Waals surface area contributed by atoms with Crippen LogP contribution in [0.4, 0.5) is 0 Å². The predicted octanol–water partition coefficient (Wildman–Crippen LogP) is 2.53. The SMILES string of the molecule is CC1(C)NC(=O)C(Cc2ccccc2)N(Cc2ccccc2)C1=O. The molecule has 1 aliphatic rings. The molecule has 1 aliphatic heterocycles. The molecule has 1 fully saturated rings. The average Bonchev–Trinajstić information content (AvgIpc) is 2.57. The van der Waals surface area contributed by atoms with E-state index in [-0.39, 0.29) is 11.8 Å². The van der Waals surface area contributed by atoms with Gasteiger partial charge < -0.3 is 10.2 Å². The molecule has 4 heteroatoms. The minimum Gasteiger partial charge on any atom is -0.340 e. The first-order chi connectivity index (χ1) is 11.5. The highest BCUT2D eigenvalue weighted by Crippen LogP contribution is 2.23. The maximum atomic E-state index is 12.9. The van der Waals surface area contributed by atoms with E-state index in [0.717, 1.165) is 11.1 Å². The third-order valence-electron chi connectivity index (χ3n) is 4.38. The minimum atomic E-state index is -0.876. The van der Waals surface area contributed by atoms with Crippen molar-refractivity contribution in [3.63, 3.8) is 0 Å². The third-order valence-corrected chi connectivity index (χ3v) is 4.38. The molecule has 0 aromatic heterocycles. The van der Waals surface area contributed by atoms with Crippen LogP contribution in [-0.4, -0.2) is 28.3 Å². The van der Waals surface area contributed by atoms with Crippen LogP contribution in [0.3, 0.4) is 0 Å². The number of carbonyl (C=O) groups is 2. The summed E-state index contributed by atoms with van der Waals surface area (Å²) in [4.78, 5) is 27.3. The predicted molar refractivity (Wildman–Crippen MR) is 93.1 cm³/mol. The fraction of sp³-hybridized carbons (Fsp3) is 0.300. The molecule has 124 valence electrons. The number of hydrogen-bond donors (Lipinski definition) is 1. The Hall–Kier alpha value is -2.62. The maximum Gasteiger partial charge on any atom is 0.248 e. The van der Waals surface area contributed by atoms with Crippen LogP contribution >= 0.6 is 0 Å². The van der Waals surface area contributed by atoms with Crippen LogP contribution in [0.15, 0.2) is 60.7 Å². The molecular weight excluding hydrogens is 300 g/mol. The highest BCUT2D eigenvalue weighted by Gasteiger charge is 2.45. The Labute approximate surface area is 142 Å². The van der Waals surface area contributed by atoms with Crippen molar-refractivity contribution in [1.82, 2.24) is 10.2 Å². The van der Waals surface area contributed by atoms with Crippen molar-refractivity contribution in [2.24, 2.45) is 0 Å². The summed E-state index contributed by atoms with van der Waals surface area (Å²) in [5.41, 5.74) is 1.19. The van der Waals surface area contributed by atoms with Crippen LogP contribution in [0.1, 0.15) is 25.0 Å². The van der Waals surface area contributed by atoms with Gasteiger partial charge in [-0.15, -0.1) is 0 Å². The Morgan fingerprint density at radius 3 is 2.04 bits per heavy atom. The van der Waals surface area contributed by atoms with Crippen LogP contribution in [0, 0.1) is 0 Å². The summed E-state index contributed by atoms with van der Waals surface area (Å²) < 4.78 is 0. The molecule has 24 heavy (non-hydrogen) atoms. The molecule has 2 amide bonds. The fourth-order valence-electron chi connectivity index (χ4n) is 3.09. The van der Waals surface area contributed by atoms with Crippen molar-refractivity contribution in [3.05, 3.63) is 71.8 Å². The van der Waals surface area contributed by atoms with Crippen LogP contribution in [0.2, 0.25) is 0 Å². The van der Waals surface area contributed by atoms with Gasteiger partial charge >= 0.3 is 0 Å². The zero-order valence-corrected chi connectivity index (χ0v) is 14.0. The standard InChI is InChI=1S/C20H22N2O2/c1-20(2)19(24)22(14-16-11-7-4-8-12-16)17(18(23)21-20)13-15-9-5-3-6-10-15/h3-12,17H,13-14H2,1-2H3,(H,21,23). The number of amides is 2. The van der Waals surface area contributed by atoms with Crippen LogP contribution in [0.25, 0.3) is 0 Å². The smallest absolute Gasteiger partial charge is 0.248 e. The lowest BCUT2D eigenvalue weighted by Gasteiger charge is -2.43. The Balaban J connectivity index is 1.90. The van der Waals surface area contributed by atoms with Gasteiger partial charge in [-0.1, -0.05) is 60.7 Å². The van der Waals surface area contributed by atoms with Crippen molar-refractivity contribution in [1.29, 1.82) is 0 Å². The van der Waals surface area contributed by atoms with Crippen LogP contribution in [-0.2, 0) is 22.6 Å². The van der Waals surface area contributed by atoms with Crippen molar-refractivity contribution in [3.8, 4) is 0 Å². The summed E-state index contributed by atoms with van der Waals surface area (Å²) >= 11 is 0. The number of rotatable bonds is 4. The summed E-state index contributed by atoms with van der Waals surface area (Å²) in [7, 11) is 0. The Morgan fingerprint density at radius 2 is 1.46 bits per heavy atom. The van der Waals surface area contributed by atoms with E-state index in [1.807, 2.05) is 60.7 Å². The van der Waals surface area contributed by atoms with Crippen LogP contribution in [0.5, 0.6) is 0 Å². The Kier molecular flexibility index (Phi) is 4.38. The molecule has 1 saturated heterocycles. The molecule has 1 N–H and O–H groups in total. The summed E-state index contributed by atoms with van der Waals surface area (Å²) in [6, 6.07) is 19.1. The largest absolute Gasteiger partial charge is 0.340 e. The van der Waals surface area contributed by atoms with E-state index in [1.165, 1.54) is 0 Å². The third kappa shape index (κ3) is 3.32. The van der Waals surface area contributed by atoms with E-state index in [2.05, 4.69) is 5.32 Å². The average molecular weight is 322 g/mol. The Bertz CT molecular complexity index is 726. The fourth-order valence-corrected chi connectivity index (χ4v) is 3.09. The van der Waals surface area contributed by atoms with Crippen molar-refractivity contribution >= 4 is 11.8 Å². The molecule has 2 aromatic rings. The number of nitrogens with zero attached hydrogens (tertiary/aromatic N) is 1. The molecule has 3 rings (SSSR count). The first-order valence-corrected chi connectivity index (χ1v) is 8.18. The summed E-state index contributed by atoms with van der Waals surface area (Å²) in [5.74, 6) is -0.147. The highest BCUT2D eigenvalue weighted by atomic mass is 16.2. The zero-order valence-electron chi connectivity index (χ0n) is 14.0. The zero-order chi connectivity index (χ0) is 17.2. The van der Waals surface area contributed by atoms with E-state index in [4.69, 9.17) is 0 Å². The van der Waals surface area contributed by atoms with Crippen molar-refractivity contribution < 1.29 is 9.59 Å². The number of piperazine rings is 1. The van der Waals surface area contributed by atoms with Gasteiger partial charge in [0, 0.05) is 13.0 Å². The minimum absolute atomic E-state index is 0.0492. The molecule has 0 bridgehead atoms. The van der Waals surface area contributed by atoms with E-state index in [0.29, 0.717) is 13.0 Å². The highest BCUT2D eigenvalue weighted by molar-refractivity contribution is 5.99. The van der Waals surface area contributed by atoms with E-state index < -0.39 is 11.6 Å². The molecule has 4 nitrogen and oxygen atoms in total. The molecule has 0 radical (unpaired) electrons. The van der Waals surface area contributed by atoms with Gasteiger partial charge in [0.1, 0.15) is 11.6 Å². The molecule has 0 saturated carbocycles. The lowest BCUT2D eigenvalue weighted by atomic mass is 9.93. The quantitative estimate of drug-likeness (QED) is 0.940. The number of hydrogen-bond acceptors (Lipinski definition) is 2. The summed E-state index contributed by atoms with van der Waals surface area (Å²) in [6.07, 6.45) is 0.515. The molecule has 1 atom stereocenters. The first-order valence-electron chi connectivity index (χ1n) is 8.18. The van der Waals surface area contributed by atoms with E-state index in [9.17, 15) is 9.59 Å². The molecule has 1 unspecified atom stereocenters. The van der Waals surface area contributed by atoms with E-state index in [1.54, 1.807) is 18.7 Å².